The molecule has 2 aliphatic rings. The molecule has 0 saturated carbocycles. The van der Waals surface area contributed by atoms with Crippen LogP contribution >= 0.6 is 0 Å². The molecule has 2 aromatic heterocycles. The van der Waals surface area contributed by atoms with Gasteiger partial charge in [0.2, 0.25) is 5.91 Å². The molecule has 4 rings (SSSR count). The van der Waals surface area contributed by atoms with E-state index in [9.17, 15) is 9.59 Å². The molecule has 1 saturated heterocycles. The molecule has 6 nitrogen and oxygen atoms in total. The molecule has 3 heterocycles. The minimum atomic E-state index is -0.0495. The first-order valence-electron chi connectivity index (χ1n) is 8.57. The van der Waals surface area contributed by atoms with Gasteiger partial charge in [-0.15, -0.1) is 0 Å². The maximum absolute atomic E-state index is 12.0. The third kappa shape index (κ3) is 2.72. The normalized spacial score (nSPS) is 17.2. The first-order valence-corrected chi connectivity index (χ1v) is 8.57. The number of H-pyrrole nitrogens is 1. The van der Waals surface area contributed by atoms with Crippen LogP contribution in [0.2, 0.25) is 0 Å². The maximum Gasteiger partial charge on any atom is 0.267 e. The van der Waals surface area contributed by atoms with Crippen molar-refractivity contribution in [2.45, 2.75) is 44.9 Å². The average molecular weight is 324 g/mol. The van der Waals surface area contributed by atoms with Crippen LogP contribution in [0.4, 0.5) is 5.82 Å². The van der Waals surface area contributed by atoms with Gasteiger partial charge in [0.25, 0.3) is 5.56 Å². The number of anilines is 1. The Hall–Kier alpha value is -2.50. The number of carbonyl (C=O) groups excluding carboxylic acids is 1. The summed E-state index contributed by atoms with van der Waals surface area (Å²) < 4.78 is 0. The Morgan fingerprint density at radius 3 is 2.71 bits per heavy atom. The number of fused-ring (bicyclic) bond motifs is 1. The van der Waals surface area contributed by atoms with Crippen LogP contribution in [0.25, 0.3) is 0 Å². The van der Waals surface area contributed by atoms with Crippen LogP contribution < -0.4 is 10.5 Å². The number of carbonyl (C=O) groups is 1. The highest BCUT2D eigenvalue weighted by Gasteiger charge is 2.23. The Bertz CT molecular complexity index is 843. The van der Waals surface area contributed by atoms with Crippen molar-refractivity contribution in [3.05, 3.63) is 51.1 Å². The molecule has 1 amide bonds. The van der Waals surface area contributed by atoms with Gasteiger partial charge in [0.15, 0.2) is 0 Å². The Morgan fingerprint density at radius 2 is 1.92 bits per heavy atom. The number of hydrogen-bond donors (Lipinski definition) is 1. The summed E-state index contributed by atoms with van der Waals surface area (Å²) in [6.07, 6.45) is 7.81. The van der Waals surface area contributed by atoms with E-state index in [1.54, 1.807) is 11.1 Å². The summed E-state index contributed by atoms with van der Waals surface area (Å²) in [6, 6.07) is 3.91. The van der Waals surface area contributed by atoms with Gasteiger partial charge in [-0.05, 0) is 55.4 Å². The van der Waals surface area contributed by atoms with Gasteiger partial charge in [-0.2, -0.15) is 5.10 Å². The lowest BCUT2D eigenvalue weighted by Gasteiger charge is -2.18. The lowest BCUT2D eigenvalue weighted by molar-refractivity contribution is -0.117. The standard InChI is InChI=1S/C18H20N4O2/c23-17-6-3-9-22(17)16-11-12(7-8-19-16)10-15-13-4-1-2-5-14(13)18(24)21-20-15/h7-8,11H,1-6,9-10H2,(H,21,24). The molecule has 0 unspecified atom stereocenters. The molecule has 0 bridgehead atoms. The topological polar surface area (TPSA) is 79.0 Å². The number of aromatic amines is 1. The summed E-state index contributed by atoms with van der Waals surface area (Å²) >= 11 is 0. The Labute approximate surface area is 139 Å². The van der Waals surface area contributed by atoms with Crippen LogP contribution in [-0.4, -0.2) is 27.6 Å². The van der Waals surface area contributed by atoms with E-state index in [0.717, 1.165) is 61.0 Å². The van der Waals surface area contributed by atoms with Crippen LogP contribution in [0.15, 0.2) is 23.1 Å². The molecule has 0 radical (unpaired) electrons. The highest BCUT2D eigenvalue weighted by molar-refractivity contribution is 5.94. The van der Waals surface area contributed by atoms with Gasteiger partial charge >= 0.3 is 0 Å². The van der Waals surface area contributed by atoms with Crippen LogP contribution in [0, 0.1) is 0 Å². The summed E-state index contributed by atoms with van der Waals surface area (Å²) in [4.78, 5) is 30.0. The summed E-state index contributed by atoms with van der Waals surface area (Å²) in [5.74, 6) is 0.854. The molecule has 1 aliphatic heterocycles. The van der Waals surface area contributed by atoms with Crippen LogP contribution in [0.5, 0.6) is 0 Å². The fourth-order valence-corrected chi connectivity index (χ4v) is 3.68. The quantitative estimate of drug-likeness (QED) is 0.933. The monoisotopic (exact) mass is 324 g/mol. The lowest BCUT2D eigenvalue weighted by atomic mass is 9.90. The zero-order chi connectivity index (χ0) is 16.5. The van der Waals surface area contributed by atoms with E-state index in [1.165, 1.54) is 0 Å². The van der Waals surface area contributed by atoms with Gasteiger partial charge in [-0.1, -0.05) is 0 Å². The Kier molecular flexibility index (Phi) is 3.88. The van der Waals surface area contributed by atoms with Crippen LogP contribution in [0.3, 0.4) is 0 Å². The van der Waals surface area contributed by atoms with Crippen molar-refractivity contribution in [1.82, 2.24) is 15.2 Å². The average Bonchev–Trinajstić information content (AvgIpc) is 3.04. The van der Waals surface area contributed by atoms with Gasteiger partial charge in [0, 0.05) is 31.1 Å². The molecular weight excluding hydrogens is 304 g/mol. The second kappa shape index (κ2) is 6.19. The molecule has 124 valence electrons. The Balaban J connectivity index is 1.64. The highest BCUT2D eigenvalue weighted by Crippen LogP contribution is 2.24. The first-order chi connectivity index (χ1) is 11.7. The van der Waals surface area contributed by atoms with E-state index in [-0.39, 0.29) is 11.5 Å². The molecular formula is C18H20N4O2. The minimum Gasteiger partial charge on any atom is -0.297 e. The fourth-order valence-electron chi connectivity index (χ4n) is 3.68. The minimum absolute atomic E-state index is 0.0495. The van der Waals surface area contributed by atoms with Gasteiger partial charge in [-0.3, -0.25) is 14.5 Å². The number of rotatable bonds is 3. The number of nitrogens with one attached hydrogen (secondary N) is 1. The molecule has 0 atom stereocenters. The molecule has 6 heteroatoms. The first kappa shape index (κ1) is 15.1. The molecule has 2 aromatic rings. The Morgan fingerprint density at radius 1 is 1.08 bits per heavy atom. The van der Waals surface area contributed by atoms with E-state index in [0.29, 0.717) is 18.7 Å². The van der Waals surface area contributed by atoms with E-state index >= 15 is 0 Å². The third-order valence-electron chi connectivity index (χ3n) is 4.91. The summed E-state index contributed by atoms with van der Waals surface area (Å²) in [5.41, 5.74) is 3.96. The summed E-state index contributed by atoms with van der Waals surface area (Å²) in [5, 5.41) is 6.93. The van der Waals surface area contributed by atoms with E-state index in [2.05, 4.69) is 15.2 Å². The van der Waals surface area contributed by atoms with E-state index in [4.69, 9.17) is 0 Å². The van der Waals surface area contributed by atoms with Crippen LogP contribution in [-0.2, 0) is 24.1 Å². The van der Waals surface area contributed by atoms with Crippen molar-refractivity contribution in [1.29, 1.82) is 0 Å². The van der Waals surface area contributed by atoms with Gasteiger partial charge in [0.1, 0.15) is 5.82 Å². The summed E-state index contributed by atoms with van der Waals surface area (Å²) in [6.45, 7) is 0.738. The largest absolute Gasteiger partial charge is 0.297 e. The maximum atomic E-state index is 12.0. The van der Waals surface area contributed by atoms with Crippen molar-refractivity contribution in [3.8, 4) is 0 Å². The van der Waals surface area contributed by atoms with Gasteiger partial charge < -0.3 is 0 Å². The van der Waals surface area contributed by atoms with E-state index < -0.39 is 0 Å². The molecule has 0 aromatic carbocycles. The zero-order valence-corrected chi connectivity index (χ0v) is 13.5. The molecule has 1 N–H and O–H groups in total. The predicted molar refractivity (Wildman–Crippen MR) is 90.1 cm³/mol. The molecule has 1 aliphatic carbocycles. The summed E-state index contributed by atoms with van der Waals surface area (Å²) in [7, 11) is 0. The van der Waals surface area contributed by atoms with Crippen molar-refractivity contribution in [2.24, 2.45) is 0 Å². The lowest BCUT2D eigenvalue weighted by Crippen LogP contribution is -2.25. The fraction of sp³-hybridized carbons (Fsp3) is 0.444. The zero-order valence-electron chi connectivity index (χ0n) is 13.5. The second-order valence-electron chi connectivity index (χ2n) is 6.51. The second-order valence-corrected chi connectivity index (χ2v) is 6.51. The van der Waals surface area contributed by atoms with Crippen molar-refractivity contribution < 1.29 is 4.79 Å². The van der Waals surface area contributed by atoms with Crippen molar-refractivity contribution >= 4 is 11.7 Å². The molecule has 24 heavy (non-hydrogen) atoms. The highest BCUT2D eigenvalue weighted by atomic mass is 16.2. The SMILES string of the molecule is O=C1CCCN1c1cc(Cc2n[nH]c(=O)c3c2CCCC3)ccn1. The number of aromatic nitrogens is 3. The van der Waals surface area contributed by atoms with Gasteiger partial charge in [-0.25, -0.2) is 10.1 Å². The van der Waals surface area contributed by atoms with Crippen molar-refractivity contribution in [2.75, 3.05) is 11.4 Å². The smallest absolute Gasteiger partial charge is 0.267 e. The number of amides is 1. The number of hydrogen-bond acceptors (Lipinski definition) is 4. The predicted octanol–water partition coefficient (Wildman–Crippen LogP) is 1.76. The number of pyridine rings is 1. The van der Waals surface area contributed by atoms with E-state index in [1.807, 2.05) is 12.1 Å². The number of nitrogens with zero attached hydrogens (tertiary/aromatic N) is 3. The van der Waals surface area contributed by atoms with Crippen LogP contribution in [0.1, 0.15) is 48.1 Å². The molecule has 1 fully saturated rings. The van der Waals surface area contributed by atoms with Gasteiger partial charge in [0.05, 0.1) is 5.69 Å². The third-order valence-corrected chi connectivity index (χ3v) is 4.91. The molecule has 0 spiro atoms. The van der Waals surface area contributed by atoms with Crippen molar-refractivity contribution in [3.63, 3.8) is 0 Å².